The van der Waals surface area contributed by atoms with Gasteiger partial charge in [-0.05, 0) is 36.0 Å². The minimum atomic E-state index is -0.159. The van der Waals surface area contributed by atoms with Crippen LogP contribution < -0.4 is 5.32 Å². The third-order valence-electron chi connectivity index (χ3n) is 4.19. The molecule has 1 aliphatic rings. The molecule has 0 heterocycles. The van der Waals surface area contributed by atoms with Crippen molar-refractivity contribution in [2.45, 2.75) is 45.7 Å². The van der Waals surface area contributed by atoms with Gasteiger partial charge in [-0.2, -0.15) is 0 Å². The standard InChI is InChI=1S/C15H22FN/c1-11-4-3-5-15(12(11)2)17-10-13-6-8-14(16)9-7-13/h6-9,11-12,15,17H,3-5,10H2,1-2H3/t11-,12+,15+/m0/s1. The normalized spacial score (nSPS) is 29.2. The summed E-state index contributed by atoms with van der Waals surface area (Å²) in [6.07, 6.45) is 3.95. The molecule has 3 atom stereocenters. The first kappa shape index (κ1) is 12.6. The number of rotatable bonds is 3. The Bertz CT molecular complexity index is 346. The zero-order valence-corrected chi connectivity index (χ0v) is 10.7. The molecule has 1 nitrogen and oxygen atoms in total. The van der Waals surface area contributed by atoms with Crippen molar-refractivity contribution in [2.24, 2.45) is 11.8 Å². The second-order valence-electron chi connectivity index (χ2n) is 5.38. The summed E-state index contributed by atoms with van der Waals surface area (Å²) in [5.74, 6) is 1.40. The average molecular weight is 235 g/mol. The van der Waals surface area contributed by atoms with Gasteiger partial charge in [0.15, 0.2) is 0 Å². The smallest absolute Gasteiger partial charge is 0.123 e. The van der Waals surface area contributed by atoms with Crippen LogP contribution in [0.2, 0.25) is 0 Å². The van der Waals surface area contributed by atoms with E-state index in [1.807, 2.05) is 12.1 Å². The third-order valence-corrected chi connectivity index (χ3v) is 4.19. The maximum absolute atomic E-state index is 12.8. The summed E-state index contributed by atoms with van der Waals surface area (Å²) in [5.41, 5.74) is 1.16. The molecular weight excluding hydrogens is 213 g/mol. The van der Waals surface area contributed by atoms with Crippen molar-refractivity contribution in [3.05, 3.63) is 35.6 Å². The van der Waals surface area contributed by atoms with Crippen LogP contribution in [-0.4, -0.2) is 6.04 Å². The quantitative estimate of drug-likeness (QED) is 0.841. The molecule has 1 aliphatic carbocycles. The highest BCUT2D eigenvalue weighted by Crippen LogP contribution is 2.29. The molecule has 1 aromatic rings. The van der Waals surface area contributed by atoms with Crippen LogP contribution in [0.3, 0.4) is 0 Å². The van der Waals surface area contributed by atoms with Gasteiger partial charge in [0.2, 0.25) is 0 Å². The van der Waals surface area contributed by atoms with E-state index in [-0.39, 0.29) is 5.82 Å². The molecule has 1 saturated carbocycles. The Morgan fingerprint density at radius 2 is 1.88 bits per heavy atom. The lowest BCUT2D eigenvalue weighted by Crippen LogP contribution is -2.40. The first-order valence-corrected chi connectivity index (χ1v) is 6.64. The summed E-state index contributed by atoms with van der Waals surface area (Å²) in [7, 11) is 0. The first-order valence-electron chi connectivity index (χ1n) is 6.64. The van der Waals surface area contributed by atoms with Gasteiger partial charge in [0, 0.05) is 12.6 Å². The number of hydrogen-bond donors (Lipinski definition) is 1. The Morgan fingerprint density at radius 3 is 2.59 bits per heavy atom. The van der Waals surface area contributed by atoms with Crippen LogP contribution in [0.15, 0.2) is 24.3 Å². The Labute approximate surface area is 103 Å². The topological polar surface area (TPSA) is 12.0 Å². The zero-order valence-electron chi connectivity index (χ0n) is 10.7. The number of benzene rings is 1. The van der Waals surface area contributed by atoms with Crippen LogP contribution in [0.4, 0.5) is 4.39 Å². The second-order valence-corrected chi connectivity index (χ2v) is 5.38. The van der Waals surface area contributed by atoms with E-state index in [4.69, 9.17) is 0 Å². The zero-order chi connectivity index (χ0) is 12.3. The van der Waals surface area contributed by atoms with Crippen molar-refractivity contribution in [3.8, 4) is 0 Å². The number of halogens is 1. The van der Waals surface area contributed by atoms with Crippen LogP contribution in [0.1, 0.15) is 38.7 Å². The summed E-state index contributed by atoms with van der Waals surface area (Å²) < 4.78 is 12.8. The lowest BCUT2D eigenvalue weighted by molar-refractivity contribution is 0.206. The molecule has 17 heavy (non-hydrogen) atoms. The van der Waals surface area contributed by atoms with E-state index in [1.165, 1.54) is 31.4 Å². The fourth-order valence-electron chi connectivity index (χ4n) is 2.72. The van der Waals surface area contributed by atoms with Gasteiger partial charge in [-0.3, -0.25) is 0 Å². The first-order chi connectivity index (χ1) is 8.16. The van der Waals surface area contributed by atoms with Crippen molar-refractivity contribution < 1.29 is 4.39 Å². The van der Waals surface area contributed by atoms with Crippen molar-refractivity contribution in [3.63, 3.8) is 0 Å². The van der Waals surface area contributed by atoms with E-state index < -0.39 is 0 Å². The molecule has 2 heteroatoms. The summed E-state index contributed by atoms with van der Waals surface area (Å²) in [6.45, 7) is 5.53. The van der Waals surface area contributed by atoms with Crippen molar-refractivity contribution in [1.82, 2.24) is 5.32 Å². The van der Waals surface area contributed by atoms with Crippen LogP contribution >= 0.6 is 0 Å². The van der Waals surface area contributed by atoms with Gasteiger partial charge >= 0.3 is 0 Å². The van der Waals surface area contributed by atoms with Crippen molar-refractivity contribution in [2.75, 3.05) is 0 Å². The van der Waals surface area contributed by atoms with Gasteiger partial charge < -0.3 is 5.32 Å². The molecule has 0 unspecified atom stereocenters. The monoisotopic (exact) mass is 235 g/mol. The second kappa shape index (κ2) is 5.63. The van der Waals surface area contributed by atoms with Crippen LogP contribution in [-0.2, 0) is 6.54 Å². The van der Waals surface area contributed by atoms with Gasteiger partial charge in [0.1, 0.15) is 5.82 Å². The SMILES string of the molecule is C[C@@H]1[C@@H](C)CCC[C@H]1NCc1ccc(F)cc1. The molecule has 1 aromatic carbocycles. The van der Waals surface area contributed by atoms with Gasteiger partial charge in [-0.25, -0.2) is 4.39 Å². The molecule has 1 fully saturated rings. The molecule has 0 spiro atoms. The Balaban J connectivity index is 1.87. The van der Waals surface area contributed by atoms with E-state index in [0.717, 1.165) is 23.9 Å². The average Bonchev–Trinajstić information content (AvgIpc) is 2.33. The van der Waals surface area contributed by atoms with E-state index in [0.29, 0.717) is 6.04 Å². The molecule has 94 valence electrons. The van der Waals surface area contributed by atoms with Crippen molar-refractivity contribution >= 4 is 0 Å². The lowest BCUT2D eigenvalue weighted by Gasteiger charge is -2.34. The van der Waals surface area contributed by atoms with E-state index >= 15 is 0 Å². The molecular formula is C15H22FN. The summed E-state index contributed by atoms with van der Waals surface area (Å²) >= 11 is 0. The maximum Gasteiger partial charge on any atom is 0.123 e. The highest BCUT2D eigenvalue weighted by Gasteiger charge is 2.26. The Hall–Kier alpha value is -0.890. The molecule has 1 N–H and O–H groups in total. The fourth-order valence-corrected chi connectivity index (χ4v) is 2.72. The Morgan fingerprint density at radius 1 is 1.18 bits per heavy atom. The molecule has 0 aliphatic heterocycles. The van der Waals surface area contributed by atoms with E-state index in [9.17, 15) is 4.39 Å². The third kappa shape index (κ3) is 3.29. The van der Waals surface area contributed by atoms with Crippen LogP contribution in [0, 0.1) is 17.7 Å². The Kier molecular flexibility index (Phi) is 4.16. The van der Waals surface area contributed by atoms with E-state index in [1.54, 1.807) is 0 Å². The summed E-state index contributed by atoms with van der Waals surface area (Å²) in [4.78, 5) is 0. The van der Waals surface area contributed by atoms with Crippen LogP contribution in [0.25, 0.3) is 0 Å². The summed E-state index contributed by atoms with van der Waals surface area (Å²) in [5, 5.41) is 3.62. The van der Waals surface area contributed by atoms with E-state index in [2.05, 4.69) is 19.2 Å². The van der Waals surface area contributed by atoms with Crippen LogP contribution in [0.5, 0.6) is 0 Å². The summed E-state index contributed by atoms with van der Waals surface area (Å²) in [6, 6.07) is 7.40. The number of nitrogens with one attached hydrogen (secondary N) is 1. The van der Waals surface area contributed by atoms with Gasteiger partial charge in [-0.1, -0.05) is 38.8 Å². The molecule has 0 bridgehead atoms. The molecule has 0 radical (unpaired) electrons. The predicted octanol–water partition coefficient (Wildman–Crippen LogP) is 3.74. The van der Waals surface area contributed by atoms with Gasteiger partial charge in [-0.15, -0.1) is 0 Å². The highest BCUT2D eigenvalue weighted by atomic mass is 19.1. The van der Waals surface area contributed by atoms with Gasteiger partial charge in [0.25, 0.3) is 0 Å². The highest BCUT2D eigenvalue weighted by molar-refractivity contribution is 5.15. The maximum atomic E-state index is 12.8. The van der Waals surface area contributed by atoms with Gasteiger partial charge in [0.05, 0.1) is 0 Å². The molecule has 0 amide bonds. The minimum Gasteiger partial charge on any atom is -0.310 e. The van der Waals surface area contributed by atoms with Crippen molar-refractivity contribution in [1.29, 1.82) is 0 Å². The minimum absolute atomic E-state index is 0.159. The fraction of sp³-hybridized carbons (Fsp3) is 0.600. The largest absolute Gasteiger partial charge is 0.310 e. The lowest BCUT2D eigenvalue weighted by atomic mass is 9.78. The number of hydrogen-bond acceptors (Lipinski definition) is 1. The molecule has 2 rings (SSSR count). The molecule has 0 aromatic heterocycles. The molecule has 0 saturated heterocycles. The predicted molar refractivity (Wildman–Crippen MR) is 69.2 cm³/mol.